The summed E-state index contributed by atoms with van der Waals surface area (Å²) in [5.41, 5.74) is 1.45. The van der Waals surface area contributed by atoms with Crippen LogP contribution in [0.5, 0.6) is 0 Å². The maximum absolute atomic E-state index is 12.6. The van der Waals surface area contributed by atoms with Gasteiger partial charge >= 0.3 is 8.56 Å². The van der Waals surface area contributed by atoms with Gasteiger partial charge in [-0.3, -0.25) is 4.79 Å². The molecule has 0 aliphatic rings. The molecule has 0 radical (unpaired) electrons. The lowest BCUT2D eigenvalue weighted by molar-refractivity contribution is 0.0934. The molecule has 6 heteroatoms. The Bertz CT molecular complexity index is 476. The number of carbonyl (C=O) groups is 1. The first-order chi connectivity index (χ1) is 9.89. The van der Waals surface area contributed by atoms with Gasteiger partial charge in [-0.2, -0.15) is 0 Å². The fraction of sp³-hybridized carbons (Fsp3) is 0.533. The van der Waals surface area contributed by atoms with Crippen molar-refractivity contribution in [2.75, 3.05) is 33.2 Å². The Balaban J connectivity index is 2.99. The molecule has 1 amide bonds. The second-order valence-corrected chi connectivity index (χ2v) is 8.82. The predicted molar refractivity (Wildman–Crippen MR) is 88.0 cm³/mol. The zero-order chi connectivity index (χ0) is 16.0. The minimum Gasteiger partial charge on any atom is -0.397 e. The van der Waals surface area contributed by atoms with Crippen molar-refractivity contribution in [2.45, 2.75) is 25.6 Å². The van der Waals surface area contributed by atoms with Crippen molar-refractivity contribution in [2.24, 2.45) is 0 Å². The second kappa shape index (κ2) is 7.58. The summed E-state index contributed by atoms with van der Waals surface area (Å²) in [6.45, 7) is 3.98. The van der Waals surface area contributed by atoms with E-state index in [9.17, 15) is 4.79 Å². The highest BCUT2D eigenvalue weighted by molar-refractivity contribution is 6.67. The first-order valence-corrected chi connectivity index (χ1v) is 9.46. The smallest absolute Gasteiger partial charge is 0.357 e. The summed E-state index contributed by atoms with van der Waals surface area (Å²) in [4.78, 5) is 14.5. The van der Waals surface area contributed by atoms with E-state index in [1.165, 1.54) is 0 Å². The van der Waals surface area contributed by atoms with Gasteiger partial charge in [-0.15, -0.1) is 0 Å². The van der Waals surface area contributed by atoms with E-state index in [0.29, 0.717) is 5.56 Å². The van der Waals surface area contributed by atoms with E-state index in [0.717, 1.165) is 12.1 Å². The lowest BCUT2D eigenvalue weighted by atomic mass is 10.1. The molecule has 0 aromatic heterocycles. The molecule has 1 N–H and O–H groups in total. The molecular formula is C15H26N2O3Si. The number of benzene rings is 1. The van der Waals surface area contributed by atoms with E-state index < -0.39 is 8.56 Å². The van der Waals surface area contributed by atoms with E-state index in [1.807, 2.05) is 56.7 Å². The van der Waals surface area contributed by atoms with Gasteiger partial charge in [0.15, 0.2) is 0 Å². The Morgan fingerprint density at radius 2 is 1.86 bits per heavy atom. The third-order valence-corrected chi connectivity index (χ3v) is 7.23. The third kappa shape index (κ3) is 4.06. The molecule has 1 atom stereocenters. The molecule has 0 aliphatic carbocycles. The van der Waals surface area contributed by atoms with Gasteiger partial charge in [0.25, 0.3) is 5.91 Å². The maximum atomic E-state index is 12.6. The van der Waals surface area contributed by atoms with Gasteiger partial charge in [-0.25, -0.2) is 0 Å². The Morgan fingerprint density at radius 3 is 2.33 bits per heavy atom. The molecule has 0 spiro atoms. The summed E-state index contributed by atoms with van der Waals surface area (Å²) in [7, 11) is 4.71. The Morgan fingerprint density at radius 1 is 1.29 bits per heavy atom. The summed E-state index contributed by atoms with van der Waals surface area (Å²) in [5, 5.41) is 3.07. The lowest BCUT2D eigenvalue weighted by Gasteiger charge is -2.32. The van der Waals surface area contributed by atoms with Crippen molar-refractivity contribution in [3.63, 3.8) is 0 Å². The van der Waals surface area contributed by atoms with E-state index in [1.54, 1.807) is 14.2 Å². The molecular weight excluding hydrogens is 284 g/mol. The van der Waals surface area contributed by atoms with E-state index in [2.05, 4.69) is 5.32 Å². The Labute approximate surface area is 128 Å². The quantitative estimate of drug-likeness (QED) is 0.784. The molecule has 0 aliphatic heterocycles. The average molecular weight is 310 g/mol. The zero-order valence-electron chi connectivity index (χ0n) is 13.8. The molecule has 0 heterocycles. The molecule has 21 heavy (non-hydrogen) atoms. The fourth-order valence-electron chi connectivity index (χ4n) is 2.26. The summed E-state index contributed by atoms with van der Waals surface area (Å²) >= 11 is 0. The molecule has 5 nitrogen and oxygen atoms in total. The molecule has 1 rings (SSSR count). The second-order valence-electron chi connectivity index (χ2n) is 5.27. The van der Waals surface area contributed by atoms with Crippen LogP contribution in [-0.4, -0.2) is 48.4 Å². The number of nitrogens with zero attached hydrogens (tertiary/aromatic N) is 1. The average Bonchev–Trinajstić information content (AvgIpc) is 2.51. The summed E-state index contributed by atoms with van der Waals surface area (Å²) in [6.07, 6.45) is 0.764. The summed E-state index contributed by atoms with van der Waals surface area (Å²) in [5.74, 6) is -0.0982. The van der Waals surface area contributed by atoms with Crippen LogP contribution >= 0.6 is 0 Å². The number of amides is 1. The van der Waals surface area contributed by atoms with Crippen LogP contribution in [0.2, 0.25) is 6.55 Å². The SMILES string of the molecule is CCC(NC(=O)c1ccccc1N(C)C)[Si](C)(OC)OC. The highest BCUT2D eigenvalue weighted by atomic mass is 28.4. The van der Waals surface area contributed by atoms with Crippen molar-refractivity contribution >= 4 is 20.2 Å². The van der Waals surface area contributed by atoms with Crippen LogP contribution in [0, 0.1) is 0 Å². The Kier molecular flexibility index (Phi) is 6.38. The number of nitrogens with one attached hydrogen (secondary N) is 1. The zero-order valence-corrected chi connectivity index (χ0v) is 14.8. The van der Waals surface area contributed by atoms with E-state index in [4.69, 9.17) is 8.85 Å². The Hall–Kier alpha value is -1.37. The number of para-hydroxylation sites is 1. The summed E-state index contributed by atoms with van der Waals surface area (Å²) in [6, 6.07) is 7.55. The first kappa shape index (κ1) is 17.7. The number of anilines is 1. The fourth-order valence-corrected chi connectivity index (χ4v) is 4.13. The van der Waals surface area contributed by atoms with Gasteiger partial charge in [0.2, 0.25) is 0 Å². The number of hydrogen-bond acceptors (Lipinski definition) is 4. The molecule has 118 valence electrons. The maximum Gasteiger partial charge on any atom is 0.357 e. The van der Waals surface area contributed by atoms with Gasteiger partial charge < -0.3 is 19.1 Å². The number of hydrogen-bond donors (Lipinski definition) is 1. The molecule has 1 unspecified atom stereocenters. The van der Waals surface area contributed by atoms with Gasteiger partial charge in [0.1, 0.15) is 0 Å². The number of carbonyl (C=O) groups excluding carboxylic acids is 1. The topological polar surface area (TPSA) is 50.8 Å². The highest BCUT2D eigenvalue weighted by Gasteiger charge is 2.39. The van der Waals surface area contributed by atoms with E-state index in [-0.39, 0.29) is 11.6 Å². The van der Waals surface area contributed by atoms with Crippen molar-refractivity contribution in [1.82, 2.24) is 5.32 Å². The van der Waals surface area contributed by atoms with Gasteiger partial charge in [-0.1, -0.05) is 19.1 Å². The van der Waals surface area contributed by atoms with Crippen LogP contribution in [0.25, 0.3) is 0 Å². The molecule has 0 fully saturated rings. The van der Waals surface area contributed by atoms with Crippen molar-refractivity contribution in [3.8, 4) is 0 Å². The normalized spacial score (nSPS) is 12.9. The molecule has 0 saturated carbocycles. The van der Waals surface area contributed by atoms with Crippen LogP contribution in [0.1, 0.15) is 23.7 Å². The minimum atomic E-state index is -2.41. The molecule has 1 aromatic carbocycles. The van der Waals surface area contributed by atoms with E-state index >= 15 is 0 Å². The first-order valence-electron chi connectivity index (χ1n) is 7.07. The van der Waals surface area contributed by atoms with Gasteiger partial charge in [0, 0.05) is 34.0 Å². The third-order valence-electron chi connectivity index (χ3n) is 3.79. The van der Waals surface area contributed by atoms with Crippen molar-refractivity contribution in [3.05, 3.63) is 29.8 Å². The predicted octanol–water partition coefficient (Wildman–Crippen LogP) is 2.17. The highest BCUT2D eigenvalue weighted by Crippen LogP contribution is 2.19. The summed E-state index contributed by atoms with van der Waals surface area (Å²) < 4.78 is 11.1. The lowest BCUT2D eigenvalue weighted by Crippen LogP contribution is -2.57. The molecule has 0 saturated heterocycles. The largest absolute Gasteiger partial charge is 0.397 e. The van der Waals surface area contributed by atoms with Crippen molar-refractivity contribution < 1.29 is 13.6 Å². The van der Waals surface area contributed by atoms with Crippen LogP contribution in [0.15, 0.2) is 24.3 Å². The number of rotatable bonds is 7. The van der Waals surface area contributed by atoms with Crippen LogP contribution in [0.4, 0.5) is 5.69 Å². The van der Waals surface area contributed by atoms with Crippen molar-refractivity contribution in [1.29, 1.82) is 0 Å². The van der Waals surface area contributed by atoms with Gasteiger partial charge in [-0.05, 0) is 25.1 Å². The minimum absolute atomic E-state index is 0.0982. The van der Waals surface area contributed by atoms with Crippen LogP contribution in [0.3, 0.4) is 0 Å². The van der Waals surface area contributed by atoms with Crippen LogP contribution < -0.4 is 10.2 Å². The standard InChI is InChI=1S/C15H26N2O3Si/c1-7-14(21(6,19-4)20-5)16-15(18)12-10-8-9-11-13(12)17(2)3/h8-11,14H,7H2,1-6H3,(H,16,18). The van der Waals surface area contributed by atoms with Gasteiger partial charge in [0.05, 0.1) is 11.2 Å². The van der Waals surface area contributed by atoms with Crippen LogP contribution in [-0.2, 0) is 8.85 Å². The molecule has 0 bridgehead atoms. The monoisotopic (exact) mass is 310 g/mol. The molecule has 1 aromatic rings.